The number of non-ortho nitro benzene ring substituents is 1. The van der Waals surface area contributed by atoms with Crippen LogP contribution >= 0.6 is 0 Å². The van der Waals surface area contributed by atoms with Crippen molar-refractivity contribution < 1.29 is 24.3 Å². The predicted octanol–water partition coefficient (Wildman–Crippen LogP) is 2.46. The second-order valence-electron chi connectivity index (χ2n) is 6.22. The zero-order valence-corrected chi connectivity index (χ0v) is 16.0. The lowest BCUT2D eigenvalue weighted by atomic mass is 9.95. The molecule has 0 saturated heterocycles. The number of fused-ring (bicyclic) bond motifs is 1. The number of nitro benzene ring substituents is 1. The fourth-order valence-corrected chi connectivity index (χ4v) is 3.16. The average Bonchev–Trinajstić information content (AvgIpc) is 2.72. The lowest BCUT2D eigenvalue weighted by Gasteiger charge is -2.25. The number of nitro groups is 1. The Balaban J connectivity index is 2.28. The Morgan fingerprint density at radius 3 is 2.52 bits per heavy atom. The van der Waals surface area contributed by atoms with Crippen molar-refractivity contribution in [1.29, 1.82) is 0 Å². The van der Waals surface area contributed by atoms with Gasteiger partial charge in [0.05, 0.1) is 36.1 Å². The van der Waals surface area contributed by atoms with Gasteiger partial charge in [0.15, 0.2) is 11.5 Å². The van der Waals surface area contributed by atoms with Gasteiger partial charge in [-0.3, -0.25) is 19.9 Å². The number of nitrogens with zero attached hydrogens (tertiary/aromatic N) is 2. The smallest absolute Gasteiger partial charge is 0.279 e. The zero-order chi connectivity index (χ0) is 21.1. The molecule has 0 bridgehead atoms. The molecule has 0 fully saturated rings. The first-order valence-electron chi connectivity index (χ1n) is 8.59. The largest absolute Gasteiger partial charge is 0.871 e. The molecular weight excluding hydrogens is 378 g/mol. The molecule has 1 atom stereocenters. The number of amides is 1. The van der Waals surface area contributed by atoms with E-state index in [1.807, 2.05) is 0 Å². The number of hydrogen-bond acceptors (Lipinski definition) is 7. The summed E-state index contributed by atoms with van der Waals surface area (Å²) in [6.07, 6.45) is 1.39. The number of aromatic nitrogens is 1. The second-order valence-corrected chi connectivity index (χ2v) is 6.22. The van der Waals surface area contributed by atoms with E-state index in [1.165, 1.54) is 45.5 Å². The fraction of sp³-hybridized carbons (Fsp3) is 0.200. The highest BCUT2D eigenvalue weighted by molar-refractivity contribution is 5.93. The van der Waals surface area contributed by atoms with E-state index < -0.39 is 22.6 Å². The summed E-state index contributed by atoms with van der Waals surface area (Å²) in [5.41, 5.74) is 0.232. The van der Waals surface area contributed by atoms with Crippen molar-refractivity contribution in [3.05, 3.63) is 63.8 Å². The SMILES string of the molecule is COc1ccc([C@H](NC(C)=O)c2cc([N+](=O)[O-])c3cccnc3c2[O-])cc1OC. The first-order chi connectivity index (χ1) is 13.9. The summed E-state index contributed by atoms with van der Waals surface area (Å²) in [5.74, 6) is -0.0553. The van der Waals surface area contributed by atoms with Gasteiger partial charge in [0.2, 0.25) is 5.91 Å². The van der Waals surface area contributed by atoms with E-state index in [9.17, 15) is 20.0 Å². The summed E-state index contributed by atoms with van der Waals surface area (Å²) in [4.78, 5) is 26.9. The molecule has 9 heteroatoms. The topological polar surface area (TPSA) is 127 Å². The van der Waals surface area contributed by atoms with Crippen molar-refractivity contribution in [2.24, 2.45) is 0 Å². The Morgan fingerprint density at radius 2 is 1.90 bits per heavy atom. The number of rotatable bonds is 6. The summed E-state index contributed by atoms with van der Waals surface area (Å²) in [6.45, 7) is 1.30. The van der Waals surface area contributed by atoms with E-state index in [4.69, 9.17) is 9.47 Å². The highest BCUT2D eigenvalue weighted by atomic mass is 16.6. The number of nitrogens with one attached hydrogen (secondary N) is 1. The van der Waals surface area contributed by atoms with Crippen LogP contribution in [0.3, 0.4) is 0 Å². The molecule has 0 saturated carbocycles. The van der Waals surface area contributed by atoms with Crippen LogP contribution in [0.4, 0.5) is 5.69 Å². The van der Waals surface area contributed by atoms with Crippen LogP contribution in [0, 0.1) is 10.1 Å². The van der Waals surface area contributed by atoms with Gasteiger partial charge < -0.3 is 19.9 Å². The Morgan fingerprint density at radius 1 is 1.17 bits per heavy atom. The molecule has 2 aromatic carbocycles. The highest BCUT2D eigenvalue weighted by Crippen LogP contribution is 2.39. The second kappa shape index (κ2) is 8.01. The number of methoxy groups -OCH3 is 2. The summed E-state index contributed by atoms with van der Waals surface area (Å²) in [5, 5.41) is 27.5. The van der Waals surface area contributed by atoms with Crippen molar-refractivity contribution in [2.75, 3.05) is 14.2 Å². The van der Waals surface area contributed by atoms with Crippen LogP contribution in [0.1, 0.15) is 24.1 Å². The van der Waals surface area contributed by atoms with Gasteiger partial charge in [0, 0.05) is 19.2 Å². The van der Waals surface area contributed by atoms with Crippen LogP contribution in [-0.2, 0) is 4.79 Å². The number of benzene rings is 2. The van der Waals surface area contributed by atoms with Gasteiger partial charge in [-0.1, -0.05) is 11.8 Å². The van der Waals surface area contributed by atoms with Gasteiger partial charge >= 0.3 is 0 Å². The zero-order valence-electron chi connectivity index (χ0n) is 16.0. The first-order valence-corrected chi connectivity index (χ1v) is 8.59. The van der Waals surface area contributed by atoms with Gasteiger partial charge in [0.1, 0.15) is 0 Å². The molecule has 0 spiro atoms. The molecule has 1 amide bonds. The van der Waals surface area contributed by atoms with Crippen molar-refractivity contribution in [3.63, 3.8) is 0 Å². The van der Waals surface area contributed by atoms with Crippen LogP contribution in [0.25, 0.3) is 10.9 Å². The highest BCUT2D eigenvalue weighted by Gasteiger charge is 2.24. The number of hydrogen-bond donors (Lipinski definition) is 1. The minimum absolute atomic E-state index is 0.0327. The van der Waals surface area contributed by atoms with Crippen LogP contribution in [-0.4, -0.2) is 30.0 Å². The number of carbonyl (C=O) groups excluding carboxylic acids is 1. The van der Waals surface area contributed by atoms with Crippen LogP contribution in [0.15, 0.2) is 42.6 Å². The molecule has 3 rings (SSSR count). The minimum atomic E-state index is -0.940. The maximum absolute atomic E-state index is 13.1. The molecular formula is C20H18N3O6-. The third kappa shape index (κ3) is 3.75. The van der Waals surface area contributed by atoms with E-state index >= 15 is 0 Å². The molecule has 1 heterocycles. The standard InChI is InChI=1S/C20H19N3O6/c1-11(24)22-18(12-6-7-16(28-2)17(9-12)29-3)14-10-15(23(26)27)13-5-4-8-21-19(13)20(14)25/h4-10,18,25H,1-3H3,(H,22,24)/p-1/t18-/m0/s1. The predicted molar refractivity (Wildman–Crippen MR) is 103 cm³/mol. The third-order valence-electron chi connectivity index (χ3n) is 4.45. The maximum Gasteiger partial charge on any atom is 0.279 e. The van der Waals surface area contributed by atoms with E-state index in [1.54, 1.807) is 18.2 Å². The minimum Gasteiger partial charge on any atom is -0.871 e. The molecule has 150 valence electrons. The monoisotopic (exact) mass is 396 g/mol. The molecule has 3 aromatic rings. The summed E-state index contributed by atoms with van der Waals surface area (Å²) in [7, 11) is 2.94. The van der Waals surface area contributed by atoms with Crippen molar-refractivity contribution in [1.82, 2.24) is 10.3 Å². The Bertz CT molecular complexity index is 1100. The lowest BCUT2D eigenvalue weighted by molar-refractivity contribution is -0.383. The maximum atomic E-state index is 13.1. The molecule has 0 aliphatic heterocycles. The third-order valence-corrected chi connectivity index (χ3v) is 4.45. The normalized spacial score (nSPS) is 11.7. The summed E-state index contributed by atoms with van der Waals surface area (Å²) in [6, 6.07) is 8.11. The van der Waals surface area contributed by atoms with Crippen LogP contribution in [0.2, 0.25) is 0 Å². The number of pyridine rings is 1. The lowest BCUT2D eigenvalue weighted by Crippen LogP contribution is -2.28. The van der Waals surface area contributed by atoms with E-state index in [0.29, 0.717) is 17.1 Å². The van der Waals surface area contributed by atoms with Crippen molar-refractivity contribution in [3.8, 4) is 17.2 Å². The van der Waals surface area contributed by atoms with Gasteiger partial charge in [-0.15, -0.1) is 0 Å². The van der Waals surface area contributed by atoms with Gasteiger partial charge in [-0.25, -0.2) is 0 Å². The Labute approximate surface area is 166 Å². The molecule has 1 aromatic heterocycles. The van der Waals surface area contributed by atoms with E-state index in [-0.39, 0.29) is 22.2 Å². The van der Waals surface area contributed by atoms with Gasteiger partial charge in [-0.2, -0.15) is 0 Å². The molecule has 29 heavy (non-hydrogen) atoms. The van der Waals surface area contributed by atoms with E-state index in [2.05, 4.69) is 10.3 Å². The first kappa shape index (κ1) is 19.9. The fourth-order valence-electron chi connectivity index (χ4n) is 3.16. The van der Waals surface area contributed by atoms with Crippen molar-refractivity contribution in [2.45, 2.75) is 13.0 Å². The Kier molecular flexibility index (Phi) is 5.49. The molecule has 1 N–H and O–H groups in total. The Hall–Kier alpha value is -3.88. The number of carbonyl (C=O) groups is 1. The molecule has 0 unspecified atom stereocenters. The van der Waals surface area contributed by atoms with E-state index in [0.717, 1.165) is 0 Å². The van der Waals surface area contributed by atoms with Crippen molar-refractivity contribution >= 4 is 22.5 Å². The summed E-state index contributed by atoms with van der Waals surface area (Å²) < 4.78 is 10.5. The average molecular weight is 396 g/mol. The summed E-state index contributed by atoms with van der Waals surface area (Å²) >= 11 is 0. The molecule has 0 aliphatic rings. The van der Waals surface area contributed by atoms with Gasteiger partial charge in [0.25, 0.3) is 5.69 Å². The quantitative estimate of drug-likeness (QED) is 0.501. The van der Waals surface area contributed by atoms with Gasteiger partial charge in [-0.05, 0) is 35.4 Å². The van der Waals surface area contributed by atoms with Crippen LogP contribution < -0.4 is 19.9 Å². The molecule has 0 aliphatic carbocycles. The molecule has 0 radical (unpaired) electrons. The number of ether oxygens (including phenoxy) is 2. The molecule has 9 nitrogen and oxygen atoms in total. The van der Waals surface area contributed by atoms with Crippen LogP contribution in [0.5, 0.6) is 17.2 Å².